The van der Waals surface area contributed by atoms with E-state index in [1.165, 1.54) is 35.3 Å². The second-order valence-corrected chi connectivity index (χ2v) is 7.83. The molecule has 1 fully saturated rings. The van der Waals surface area contributed by atoms with E-state index in [4.69, 9.17) is 4.52 Å². The lowest BCUT2D eigenvalue weighted by atomic mass is 9.96. The monoisotopic (exact) mass is 360 g/mol. The first kappa shape index (κ1) is 16.6. The molecule has 1 N–H and O–H groups in total. The molecule has 2 aliphatic rings. The number of aryl methyl sites for hydroxylation is 1. The maximum atomic E-state index is 12.5. The van der Waals surface area contributed by atoms with Crippen LogP contribution < -0.4 is 5.32 Å². The molecule has 0 aliphatic heterocycles. The Morgan fingerprint density at radius 1 is 1.40 bits per heavy atom. The van der Waals surface area contributed by atoms with E-state index in [1.54, 1.807) is 4.90 Å². The lowest BCUT2D eigenvalue weighted by molar-refractivity contribution is 0.195. The van der Waals surface area contributed by atoms with Crippen LogP contribution in [0, 0.1) is 0 Å². The van der Waals surface area contributed by atoms with Gasteiger partial charge in [-0.2, -0.15) is 4.98 Å². The van der Waals surface area contributed by atoms with E-state index in [-0.39, 0.29) is 6.03 Å². The van der Waals surface area contributed by atoms with Crippen LogP contribution in [0.1, 0.15) is 66.2 Å². The van der Waals surface area contributed by atoms with Gasteiger partial charge in [-0.25, -0.2) is 4.79 Å². The number of hydrogen-bond acceptors (Lipinski definition) is 5. The minimum atomic E-state index is -0.0731. The highest BCUT2D eigenvalue weighted by atomic mass is 32.1. The molecule has 2 aromatic heterocycles. The van der Waals surface area contributed by atoms with Gasteiger partial charge in [-0.05, 0) is 62.0 Å². The third-order valence-electron chi connectivity index (χ3n) is 4.99. The standard InChI is InChI=1S/C18H24N4O2S/c1-2-22(10-16-20-17(24-21-16)12-7-8-12)18(23)19-9-13-11-25-15-6-4-3-5-14(13)15/h11-12H,2-10H2,1H3,(H,19,23). The Bertz CT molecular complexity index is 750. The van der Waals surface area contributed by atoms with Crippen LogP contribution in [0.2, 0.25) is 0 Å². The highest BCUT2D eigenvalue weighted by Crippen LogP contribution is 2.38. The smallest absolute Gasteiger partial charge is 0.318 e. The van der Waals surface area contributed by atoms with Crippen LogP contribution in [0.15, 0.2) is 9.90 Å². The van der Waals surface area contributed by atoms with Gasteiger partial charge in [-0.3, -0.25) is 0 Å². The lowest BCUT2D eigenvalue weighted by Crippen LogP contribution is -2.39. The van der Waals surface area contributed by atoms with Crippen molar-refractivity contribution in [2.24, 2.45) is 0 Å². The number of amides is 2. The van der Waals surface area contributed by atoms with Gasteiger partial charge in [-0.15, -0.1) is 11.3 Å². The molecule has 0 bridgehead atoms. The molecule has 2 amide bonds. The highest BCUT2D eigenvalue weighted by Gasteiger charge is 2.30. The Kier molecular flexibility index (Phi) is 4.74. The number of thiophene rings is 1. The predicted octanol–water partition coefficient (Wildman–Crippen LogP) is 3.62. The molecule has 2 heterocycles. The third kappa shape index (κ3) is 3.71. The number of nitrogens with one attached hydrogen (secondary N) is 1. The van der Waals surface area contributed by atoms with E-state index in [9.17, 15) is 4.79 Å². The van der Waals surface area contributed by atoms with Gasteiger partial charge in [0.15, 0.2) is 5.82 Å². The van der Waals surface area contributed by atoms with Gasteiger partial charge >= 0.3 is 6.03 Å². The Morgan fingerprint density at radius 3 is 3.04 bits per heavy atom. The van der Waals surface area contributed by atoms with Crippen molar-refractivity contribution in [2.75, 3.05) is 6.54 Å². The largest absolute Gasteiger partial charge is 0.339 e. The summed E-state index contributed by atoms with van der Waals surface area (Å²) in [7, 11) is 0. The molecular weight excluding hydrogens is 336 g/mol. The van der Waals surface area contributed by atoms with E-state index >= 15 is 0 Å². The van der Waals surface area contributed by atoms with Crippen molar-refractivity contribution in [3.63, 3.8) is 0 Å². The second-order valence-electron chi connectivity index (χ2n) is 6.87. The number of carbonyl (C=O) groups is 1. The van der Waals surface area contributed by atoms with Crippen LogP contribution in [0.3, 0.4) is 0 Å². The molecule has 0 spiro atoms. The van der Waals surface area contributed by atoms with Gasteiger partial charge in [-0.1, -0.05) is 5.16 Å². The summed E-state index contributed by atoms with van der Waals surface area (Å²) in [5.74, 6) is 1.75. The molecule has 4 rings (SSSR count). The topological polar surface area (TPSA) is 71.3 Å². The van der Waals surface area contributed by atoms with Gasteiger partial charge in [0.25, 0.3) is 0 Å². The number of fused-ring (bicyclic) bond motifs is 1. The van der Waals surface area contributed by atoms with E-state index in [0.717, 1.165) is 25.2 Å². The van der Waals surface area contributed by atoms with Crippen molar-refractivity contribution in [1.29, 1.82) is 0 Å². The average Bonchev–Trinajstić information content (AvgIpc) is 3.24. The lowest BCUT2D eigenvalue weighted by Gasteiger charge is -2.20. The van der Waals surface area contributed by atoms with Gasteiger partial charge < -0.3 is 14.7 Å². The first-order valence-corrected chi connectivity index (χ1v) is 10.1. The predicted molar refractivity (Wildman–Crippen MR) is 95.6 cm³/mol. The number of nitrogens with zero attached hydrogens (tertiary/aromatic N) is 3. The zero-order valence-electron chi connectivity index (χ0n) is 14.6. The molecule has 7 heteroatoms. The van der Waals surface area contributed by atoms with E-state index in [0.29, 0.717) is 31.4 Å². The van der Waals surface area contributed by atoms with Crippen LogP contribution in [0.5, 0.6) is 0 Å². The van der Waals surface area contributed by atoms with Gasteiger partial charge in [0.1, 0.15) is 0 Å². The molecule has 0 atom stereocenters. The van der Waals surface area contributed by atoms with Crippen molar-refractivity contribution >= 4 is 17.4 Å². The Labute approximate surface area is 151 Å². The first-order chi connectivity index (χ1) is 12.2. The maximum absolute atomic E-state index is 12.5. The van der Waals surface area contributed by atoms with Gasteiger partial charge in [0.2, 0.25) is 5.89 Å². The van der Waals surface area contributed by atoms with Crippen molar-refractivity contribution in [3.8, 4) is 0 Å². The van der Waals surface area contributed by atoms with Crippen LogP contribution >= 0.6 is 11.3 Å². The molecule has 1 saturated carbocycles. The SMILES string of the molecule is CCN(Cc1noc(C2CC2)n1)C(=O)NCc1csc2c1CCCC2. The number of hydrogen-bond donors (Lipinski definition) is 1. The van der Waals surface area contributed by atoms with E-state index < -0.39 is 0 Å². The summed E-state index contributed by atoms with van der Waals surface area (Å²) >= 11 is 1.83. The minimum absolute atomic E-state index is 0.0731. The fourth-order valence-electron chi connectivity index (χ4n) is 3.32. The van der Waals surface area contributed by atoms with Crippen LogP contribution in [-0.2, 0) is 25.9 Å². The van der Waals surface area contributed by atoms with Crippen LogP contribution in [-0.4, -0.2) is 27.6 Å². The number of urea groups is 1. The summed E-state index contributed by atoms with van der Waals surface area (Å²) in [6.45, 7) is 3.57. The molecule has 134 valence electrons. The molecule has 0 saturated heterocycles. The summed E-state index contributed by atoms with van der Waals surface area (Å²) in [5.41, 5.74) is 2.74. The molecule has 0 aromatic carbocycles. The Morgan fingerprint density at radius 2 is 2.24 bits per heavy atom. The molecule has 2 aliphatic carbocycles. The Hall–Kier alpha value is -1.89. The van der Waals surface area contributed by atoms with Crippen LogP contribution in [0.25, 0.3) is 0 Å². The van der Waals surface area contributed by atoms with Crippen molar-refractivity contribution in [2.45, 2.75) is 64.5 Å². The van der Waals surface area contributed by atoms with E-state index in [2.05, 4.69) is 20.8 Å². The molecule has 25 heavy (non-hydrogen) atoms. The summed E-state index contributed by atoms with van der Waals surface area (Å²) in [6.07, 6.45) is 7.14. The van der Waals surface area contributed by atoms with Crippen LogP contribution in [0.4, 0.5) is 4.79 Å². The molecule has 0 radical (unpaired) electrons. The maximum Gasteiger partial charge on any atom is 0.318 e. The normalized spacial score (nSPS) is 16.5. The van der Waals surface area contributed by atoms with E-state index in [1.807, 2.05) is 18.3 Å². The molecular formula is C18H24N4O2S. The van der Waals surface area contributed by atoms with Crippen molar-refractivity contribution < 1.29 is 9.32 Å². The summed E-state index contributed by atoms with van der Waals surface area (Å²) in [5, 5.41) is 9.27. The fraction of sp³-hybridized carbons (Fsp3) is 0.611. The average molecular weight is 360 g/mol. The summed E-state index contributed by atoms with van der Waals surface area (Å²) < 4.78 is 5.28. The van der Waals surface area contributed by atoms with Crippen molar-refractivity contribution in [1.82, 2.24) is 20.4 Å². The second kappa shape index (κ2) is 7.15. The quantitative estimate of drug-likeness (QED) is 0.854. The number of rotatable bonds is 6. The minimum Gasteiger partial charge on any atom is -0.339 e. The Balaban J connectivity index is 1.34. The number of carbonyl (C=O) groups excluding carboxylic acids is 1. The zero-order chi connectivity index (χ0) is 17.2. The zero-order valence-corrected chi connectivity index (χ0v) is 15.4. The van der Waals surface area contributed by atoms with Gasteiger partial charge in [0, 0.05) is 23.9 Å². The van der Waals surface area contributed by atoms with Gasteiger partial charge in [0.05, 0.1) is 6.54 Å². The number of aromatic nitrogens is 2. The molecule has 2 aromatic rings. The highest BCUT2D eigenvalue weighted by molar-refractivity contribution is 7.10. The van der Waals surface area contributed by atoms with Crippen molar-refractivity contribution in [3.05, 3.63) is 33.1 Å². The fourth-order valence-corrected chi connectivity index (χ4v) is 4.47. The molecule has 0 unspecified atom stereocenters. The third-order valence-corrected chi connectivity index (χ3v) is 6.13. The first-order valence-electron chi connectivity index (χ1n) is 9.18. The molecule has 6 nitrogen and oxygen atoms in total. The summed E-state index contributed by atoms with van der Waals surface area (Å²) in [6, 6.07) is -0.0731. The summed E-state index contributed by atoms with van der Waals surface area (Å²) in [4.78, 5) is 20.2.